The van der Waals surface area contributed by atoms with E-state index in [1.165, 1.54) is 31.3 Å². The minimum absolute atomic E-state index is 0.177. The van der Waals surface area contributed by atoms with E-state index >= 15 is 0 Å². The lowest BCUT2D eigenvalue weighted by molar-refractivity contribution is 0.393. The molecular weight excluding hydrogens is 300 g/mol. The third-order valence-electron chi connectivity index (χ3n) is 3.11. The van der Waals surface area contributed by atoms with E-state index < -0.39 is 20.0 Å². The van der Waals surface area contributed by atoms with E-state index in [1.807, 2.05) is 13.8 Å². The van der Waals surface area contributed by atoms with Crippen LogP contribution >= 0.6 is 0 Å². The van der Waals surface area contributed by atoms with Crippen LogP contribution in [0.2, 0.25) is 0 Å². The minimum atomic E-state index is -4.09. The third kappa shape index (κ3) is 3.78. The molecule has 0 radical (unpaired) electrons. The lowest BCUT2D eigenvalue weighted by Gasteiger charge is -2.21. The Balaban J connectivity index is 3.30. The van der Waals surface area contributed by atoms with Gasteiger partial charge in [-0.25, -0.2) is 26.3 Å². The quantitative estimate of drug-likeness (QED) is 0.845. The maximum absolute atomic E-state index is 12.5. The Morgan fingerprint density at radius 3 is 2.10 bits per heavy atom. The van der Waals surface area contributed by atoms with Gasteiger partial charge in [0.05, 0.1) is 0 Å². The molecule has 0 amide bonds. The normalized spacial score (nSPS) is 14.4. The van der Waals surface area contributed by atoms with Gasteiger partial charge >= 0.3 is 0 Å². The van der Waals surface area contributed by atoms with Crippen LogP contribution in [0.25, 0.3) is 0 Å². The number of hydrogen-bond acceptors (Lipinski definition) is 4. The number of rotatable bonds is 6. The van der Waals surface area contributed by atoms with E-state index in [0.29, 0.717) is 6.54 Å². The summed E-state index contributed by atoms with van der Waals surface area (Å²) in [5.74, 6) is 0.177. The molecule has 0 saturated carbocycles. The van der Waals surface area contributed by atoms with E-state index in [1.54, 1.807) is 0 Å². The second kappa shape index (κ2) is 6.21. The molecule has 2 N–H and O–H groups in total. The van der Waals surface area contributed by atoms with Crippen molar-refractivity contribution in [2.45, 2.75) is 30.1 Å². The molecule has 0 aliphatic carbocycles. The van der Waals surface area contributed by atoms with Crippen LogP contribution < -0.4 is 5.14 Å². The summed E-state index contributed by atoms with van der Waals surface area (Å²) in [6.07, 6.45) is 0.830. The number of sulfonamides is 2. The lowest BCUT2D eigenvalue weighted by Crippen LogP contribution is -2.32. The molecule has 1 atom stereocenters. The van der Waals surface area contributed by atoms with Gasteiger partial charge in [-0.1, -0.05) is 32.4 Å². The molecule has 1 aromatic carbocycles. The predicted molar refractivity (Wildman–Crippen MR) is 77.1 cm³/mol. The Kier molecular flexibility index (Phi) is 5.31. The van der Waals surface area contributed by atoms with Gasteiger partial charge in [0.25, 0.3) is 0 Å². The highest BCUT2D eigenvalue weighted by Gasteiger charge is 2.28. The first-order chi connectivity index (χ1) is 9.10. The van der Waals surface area contributed by atoms with Crippen LogP contribution in [0.5, 0.6) is 0 Å². The second-order valence-corrected chi connectivity index (χ2v) is 8.33. The molecule has 0 spiro atoms. The Bertz CT molecular complexity index is 668. The summed E-state index contributed by atoms with van der Waals surface area (Å²) >= 11 is 0. The van der Waals surface area contributed by atoms with Gasteiger partial charge in [0, 0.05) is 13.6 Å². The summed E-state index contributed by atoms with van der Waals surface area (Å²) in [5.41, 5.74) is 0. The van der Waals surface area contributed by atoms with Gasteiger partial charge in [-0.2, -0.15) is 0 Å². The summed E-state index contributed by atoms with van der Waals surface area (Å²) in [6.45, 7) is 4.21. The van der Waals surface area contributed by atoms with Crippen molar-refractivity contribution >= 4 is 20.0 Å². The molecule has 6 nitrogen and oxygen atoms in total. The largest absolute Gasteiger partial charge is 0.244 e. The Morgan fingerprint density at radius 1 is 1.15 bits per heavy atom. The van der Waals surface area contributed by atoms with Gasteiger partial charge in [0.2, 0.25) is 20.0 Å². The molecular formula is C12H20N2O4S2. The lowest BCUT2D eigenvalue weighted by atomic mass is 10.1. The molecule has 8 heteroatoms. The number of benzene rings is 1. The standard InChI is InChI=1S/C12H20N2O4S2/c1-4-10(2)9-14(3)20(17,18)12-8-6-5-7-11(12)19(13,15)16/h5-8,10H,4,9H2,1-3H3,(H2,13,15,16). The summed E-state index contributed by atoms with van der Waals surface area (Å²) in [5, 5.41) is 5.07. The topological polar surface area (TPSA) is 97.5 Å². The van der Waals surface area contributed by atoms with E-state index in [2.05, 4.69) is 0 Å². The smallest absolute Gasteiger partial charge is 0.225 e. The van der Waals surface area contributed by atoms with Crippen LogP contribution in [-0.4, -0.2) is 34.7 Å². The van der Waals surface area contributed by atoms with Crippen LogP contribution in [0, 0.1) is 5.92 Å². The SMILES string of the molecule is CCC(C)CN(C)S(=O)(=O)c1ccccc1S(N)(=O)=O. The van der Waals surface area contributed by atoms with E-state index in [-0.39, 0.29) is 15.7 Å². The minimum Gasteiger partial charge on any atom is -0.225 e. The Hall–Kier alpha value is -0.960. The van der Waals surface area contributed by atoms with Gasteiger partial charge in [0.15, 0.2) is 0 Å². The molecule has 0 aliphatic rings. The van der Waals surface area contributed by atoms with Crippen molar-refractivity contribution in [1.29, 1.82) is 0 Å². The Morgan fingerprint density at radius 2 is 1.65 bits per heavy atom. The highest BCUT2D eigenvalue weighted by Crippen LogP contribution is 2.23. The average Bonchev–Trinajstić information content (AvgIpc) is 2.37. The van der Waals surface area contributed by atoms with Crippen molar-refractivity contribution in [2.24, 2.45) is 11.1 Å². The zero-order valence-corrected chi connectivity index (χ0v) is 13.4. The fraction of sp³-hybridized carbons (Fsp3) is 0.500. The molecule has 1 rings (SSSR count). The van der Waals surface area contributed by atoms with Gasteiger partial charge < -0.3 is 0 Å². The molecule has 0 heterocycles. The molecule has 114 valence electrons. The van der Waals surface area contributed by atoms with Crippen molar-refractivity contribution in [2.75, 3.05) is 13.6 Å². The average molecular weight is 320 g/mol. The molecule has 0 aromatic heterocycles. The molecule has 1 aromatic rings. The van der Waals surface area contributed by atoms with Crippen molar-refractivity contribution in [3.05, 3.63) is 24.3 Å². The van der Waals surface area contributed by atoms with E-state index in [4.69, 9.17) is 5.14 Å². The van der Waals surface area contributed by atoms with Gasteiger partial charge in [-0.15, -0.1) is 0 Å². The fourth-order valence-electron chi connectivity index (χ4n) is 1.73. The van der Waals surface area contributed by atoms with Crippen LogP contribution in [0.4, 0.5) is 0 Å². The first-order valence-corrected chi connectivity index (χ1v) is 9.17. The maximum Gasteiger partial charge on any atom is 0.244 e. The number of nitrogens with zero attached hydrogens (tertiary/aromatic N) is 1. The summed E-state index contributed by atoms with van der Waals surface area (Å²) in [7, 11) is -6.54. The molecule has 0 bridgehead atoms. The van der Waals surface area contributed by atoms with Gasteiger partial charge in [-0.3, -0.25) is 0 Å². The van der Waals surface area contributed by atoms with Crippen LogP contribution in [0.1, 0.15) is 20.3 Å². The molecule has 0 fully saturated rings. The highest BCUT2D eigenvalue weighted by molar-refractivity contribution is 7.92. The highest BCUT2D eigenvalue weighted by atomic mass is 32.2. The van der Waals surface area contributed by atoms with Crippen molar-refractivity contribution < 1.29 is 16.8 Å². The fourth-order valence-corrected chi connectivity index (χ4v) is 4.37. The first-order valence-electron chi connectivity index (χ1n) is 6.18. The number of nitrogens with two attached hydrogens (primary N) is 1. The summed E-state index contributed by atoms with van der Waals surface area (Å²) in [4.78, 5) is -0.663. The third-order valence-corrected chi connectivity index (χ3v) is 6.09. The van der Waals surface area contributed by atoms with Crippen molar-refractivity contribution in [1.82, 2.24) is 4.31 Å². The van der Waals surface area contributed by atoms with E-state index in [0.717, 1.165) is 10.7 Å². The van der Waals surface area contributed by atoms with E-state index in [9.17, 15) is 16.8 Å². The monoisotopic (exact) mass is 320 g/mol. The van der Waals surface area contributed by atoms with Crippen LogP contribution in [0.3, 0.4) is 0 Å². The summed E-state index contributed by atoms with van der Waals surface area (Å²) < 4.78 is 49.1. The second-order valence-electron chi connectivity index (χ2n) is 4.79. The first kappa shape index (κ1) is 17.1. The summed E-state index contributed by atoms with van der Waals surface area (Å²) in [6, 6.07) is 5.35. The van der Waals surface area contributed by atoms with Crippen molar-refractivity contribution in [3.63, 3.8) is 0 Å². The molecule has 0 saturated heterocycles. The number of primary sulfonamides is 1. The molecule has 1 unspecified atom stereocenters. The predicted octanol–water partition coefficient (Wildman–Crippen LogP) is 1.00. The number of hydrogen-bond donors (Lipinski definition) is 1. The zero-order chi connectivity index (χ0) is 15.6. The molecule has 0 aliphatic heterocycles. The Labute approximate surface area is 120 Å². The van der Waals surface area contributed by atoms with Crippen LogP contribution in [-0.2, 0) is 20.0 Å². The molecule has 20 heavy (non-hydrogen) atoms. The maximum atomic E-state index is 12.5. The van der Waals surface area contributed by atoms with Crippen molar-refractivity contribution in [3.8, 4) is 0 Å². The van der Waals surface area contributed by atoms with Gasteiger partial charge in [-0.05, 0) is 18.1 Å². The zero-order valence-electron chi connectivity index (χ0n) is 11.8. The van der Waals surface area contributed by atoms with Gasteiger partial charge in [0.1, 0.15) is 9.79 Å². The van der Waals surface area contributed by atoms with Crippen LogP contribution in [0.15, 0.2) is 34.1 Å².